The maximum atomic E-state index is 11.6. The summed E-state index contributed by atoms with van der Waals surface area (Å²) in [6, 6.07) is 8.95. The molecule has 0 aliphatic heterocycles. The van der Waals surface area contributed by atoms with Crippen molar-refractivity contribution in [3.63, 3.8) is 0 Å². The number of unbranched alkanes of at least 4 members (excludes halogenated alkanes) is 1. The molecule has 0 aliphatic rings. The summed E-state index contributed by atoms with van der Waals surface area (Å²) in [6.45, 7) is 0.520. The minimum absolute atomic E-state index is 0.114. The zero-order valence-electron chi connectivity index (χ0n) is 9.48. The summed E-state index contributed by atoms with van der Waals surface area (Å²) in [5.41, 5.74) is 2.19. The van der Waals surface area contributed by atoms with Crippen LogP contribution in [0.1, 0.15) is 29.6 Å². The Kier molecular flexibility index (Phi) is 5.74. The fourth-order valence-electron chi connectivity index (χ4n) is 1.36. The normalized spacial score (nSPS) is 9.71. The molecule has 3 N–H and O–H groups in total. The predicted octanol–water partition coefficient (Wildman–Crippen LogP) is 1.09. The van der Waals surface area contributed by atoms with Crippen LogP contribution in [-0.4, -0.2) is 23.6 Å². The molecule has 1 rings (SSSR count). The zero-order chi connectivity index (χ0) is 12.5. The van der Waals surface area contributed by atoms with Gasteiger partial charge in [-0.15, -0.1) is 0 Å². The summed E-state index contributed by atoms with van der Waals surface area (Å²) in [5, 5.41) is 11.0. The lowest BCUT2D eigenvalue weighted by Crippen LogP contribution is -2.25. The van der Waals surface area contributed by atoms with Crippen LogP contribution in [0.25, 0.3) is 0 Å². The van der Waals surface area contributed by atoms with E-state index in [9.17, 15) is 9.59 Å². The number of hydrogen-bond donors (Lipinski definition) is 3. The number of hydroxylamine groups is 1. The van der Waals surface area contributed by atoms with Gasteiger partial charge >= 0.3 is 0 Å². The number of carbonyl (C=O) groups excluding carboxylic acids is 2. The summed E-state index contributed by atoms with van der Waals surface area (Å²) in [4.78, 5) is 22.2. The molecule has 0 spiro atoms. The lowest BCUT2D eigenvalue weighted by Gasteiger charge is -2.04. The van der Waals surface area contributed by atoms with Crippen molar-refractivity contribution in [1.82, 2.24) is 10.8 Å². The maximum absolute atomic E-state index is 11.6. The van der Waals surface area contributed by atoms with E-state index >= 15 is 0 Å². The van der Waals surface area contributed by atoms with Crippen LogP contribution in [0.3, 0.4) is 0 Å². The van der Waals surface area contributed by atoms with Crippen molar-refractivity contribution >= 4 is 11.8 Å². The standard InChI is InChI=1S/C12H16N2O3/c15-11(14-17)8-4-5-9-13-12(16)10-6-2-1-3-7-10/h1-3,6-7,17H,4-5,8-9H2,(H,13,16)(H,14,15). The molecule has 1 aromatic rings. The van der Waals surface area contributed by atoms with Gasteiger partial charge in [0.1, 0.15) is 0 Å². The third kappa shape index (κ3) is 5.12. The van der Waals surface area contributed by atoms with Gasteiger partial charge in [-0.2, -0.15) is 0 Å². The van der Waals surface area contributed by atoms with Crippen molar-refractivity contribution < 1.29 is 14.8 Å². The Bertz CT molecular complexity index is 365. The third-order valence-corrected chi connectivity index (χ3v) is 2.28. The smallest absolute Gasteiger partial charge is 0.251 e. The lowest BCUT2D eigenvalue weighted by molar-refractivity contribution is -0.129. The van der Waals surface area contributed by atoms with Crippen molar-refractivity contribution in [3.05, 3.63) is 35.9 Å². The molecule has 0 bridgehead atoms. The summed E-state index contributed by atoms with van der Waals surface area (Å²) in [7, 11) is 0. The Morgan fingerprint density at radius 1 is 1.12 bits per heavy atom. The van der Waals surface area contributed by atoms with Gasteiger partial charge in [-0.05, 0) is 25.0 Å². The van der Waals surface area contributed by atoms with Gasteiger partial charge in [0.25, 0.3) is 5.91 Å². The molecule has 0 fully saturated rings. The zero-order valence-corrected chi connectivity index (χ0v) is 9.48. The van der Waals surface area contributed by atoms with Crippen LogP contribution >= 0.6 is 0 Å². The number of nitrogens with one attached hydrogen (secondary N) is 2. The largest absolute Gasteiger partial charge is 0.352 e. The second-order valence-corrected chi connectivity index (χ2v) is 3.61. The van der Waals surface area contributed by atoms with Gasteiger partial charge in [0.2, 0.25) is 5.91 Å². The number of carbonyl (C=O) groups is 2. The van der Waals surface area contributed by atoms with Gasteiger partial charge in [0, 0.05) is 18.5 Å². The van der Waals surface area contributed by atoms with Crippen LogP contribution in [0.4, 0.5) is 0 Å². The molecule has 92 valence electrons. The highest BCUT2D eigenvalue weighted by Gasteiger charge is 2.03. The average Bonchev–Trinajstić information content (AvgIpc) is 2.38. The predicted molar refractivity (Wildman–Crippen MR) is 62.6 cm³/mol. The van der Waals surface area contributed by atoms with Crippen LogP contribution in [-0.2, 0) is 4.79 Å². The highest BCUT2D eigenvalue weighted by Crippen LogP contribution is 1.98. The molecule has 0 saturated carbocycles. The quantitative estimate of drug-likeness (QED) is 0.393. The molecule has 1 aromatic carbocycles. The molecule has 0 radical (unpaired) electrons. The number of rotatable bonds is 6. The molecule has 0 aromatic heterocycles. The first-order valence-corrected chi connectivity index (χ1v) is 5.50. The minimum atomic E-state index is -0.403. The summed E-state index contributed by atoms with van der Waals surface area (Å²) in [5.74, 6) is -0.517. The number of hydrogen-bond acceptors (Lipinski definition) is 3. The Morgan fingerprint density at radius 3 is 2.47 bits per heavy atom. The molecular formula is C12H16N2O3. The van der Waals surface area contributed by atoms with Crippen LogP contribution in [0.2, 0.25) is 0 Å². The second-order valence-electron chi connectivity index (χ2n) is 3.61. The lowest BCUT2D eigenvalue weighted by atomic mass is 10.2. The van der Waals surface area contributed by atoms with Crippen molar-refractivity contribution in [2.45, 2.75) is 19.3 Å². The first-order valence-electron chi connectivity index (χ1n) is 5.50. The fourth-order valence-corrected chi connectivity index (χ4v) is 1.36. The van der Waals surface area contributed by atoms with Gasteiger partial charge in [0.05, 0.1) is 0 Å². The molecule has 5 heteroatoms. The first kappa shape index (κ1) is 13.2. The molecule has 0 aliphatic carbocycles. The topological polar surface area (TPSA) is 78.4 Å². The van der Waals surface area contributed by atoms with Crippen molar-refractivity contribution in [2.75, 3.05) is 6.54 Å². The van der Waals surface area contributed by atoms with E-state index in [0.29, 0.717) is 24.9 Å². The Hall–Kier alpha value is -1.88. The van der Waals surface area contributed by atoms with Crippen molar-refractivity contribution in [1.29, 1.82) is 0 Å². The van der Waals surface area contributed by atoms with Gasteiger partial charge in [-0.1, -0.05) is 18.2 Å². The average molecular weight is 236 g/mol. The molecule has 5 nitrogen and oxygen atoms in total. The van der Waals surface area contributed by atoms with E-state index in [4.69, 9.17) is 5.21 Å². The van der Waals surface area contributed by atoms with E-state index in [1.807, 2.05) is 6.07 Å². The van der Waals surface area contributed by atoms with E-state index < -0.39 is 5.91 Å². The van der Waals surface area contributed by atoms with Crippen LogP contribution < -0.4 is 10.8 Å². The Morgan fingerprint density at radius 2 is 1.82 bits per heavy atom. The van der Waals surface area contributed by atoms with Crippen LogP contribution in [0, 0.1) is 0 Å². The van der Waals surface area contributed by atoms with E-state index in [1.165, 1.54) is 0 Å². The third-order valence-electron chi connectivity index (χ3n) is 2.28. The summed E-state index contributed by atoms with van der Waals surface area (Å²) < 4.78 is 0. The van der Waals surface area contributed by atoms with Gasteiger partial charge in [0.15, 0.2) is 0 Å². The SMILES string of the molecule is O=C(CCCCNC(=O)c1ccccc1)NO. The van der Waals surface area contributed by atoms with E-state index in [1.54, 1.807) is 29.7 Å². The molecular weight excluding hydrogens is 220 g/mol. The maximum Gasteiger partial charge on any atom is 0.251 e. The Balaban J connectivity index is 2.15. The van der Waals surface area contributed by atoms with Crippen molar-refractivity contribution in [3.8, 4) is 0 Å². The molecule has 0 unspecified atom stereocenters. The molecule has 0 heterocycles. The van der Waals surface area contributed by atoms with Crippen molar-refractivity contribution in [2.24, 2.45) is 0 Å². The molecule has 2 amide bonds. The first-order chi connectivity index (χ1) is 8.24. The van der Waals surface area contributed by atoms with E-state index in [2.05, 4.69) is 5.32 Å². The highest BCUT2D eigenvalue weighted by molar-refractivity contribution is 5.94. The minimum Gasteiger partial charge on any atom is -0.352 e. The molecule has 17 heavy (non-hydrogen) atoms. The second kappa shape index (κ2) is 7.40. The number of benzene rings is 1. The highest BCUT2D eigenvalue weighted by atomic mass is 16.5. The van der Waals surface area contributed by atoms with Crippen LogP contribution in [0.5, 0.6) is 0 Å². The fraction of sp³-hybridized carbons (Fsp3) is 0.333. The number of amides is 2. The van der Waals surface area contributed by atoms with Crippen LogP contribution in [0.15, 0.2) is 30.3 Å². The summed E-state index contributed by atoms with van der Waals surface area (Å²) in [6.07, 6.45) is 1.59. The molecule has 0 saturated heterocycles. The Labute approximate surface area is 99.8 Å². The van der Waals surface area contributed by atoms with Gasteiger partial charge in [-0.3, -0.25) is 14.8 Å². The van der Waals surface area contributed by atoms with E-state index in [0.717, 1.165) is 0 Å². The van der Waals surface area contributed by atoms with Gasteiger partial charge < -0.3 is 5.32 Å². The van der Waals surface area contributed by atoms with Gasteiger partial charge in [-0.25, -0.2) is 5.48 Å². The summed E-state index contributed by atoms with van der Waals surface area (Å²) >= 11 is 0. The molecule has 0 atom stereocenters. The van der Waals surface area contributed by atoms with E-state index in [-0.39, 0.29) is 12.3 Å². The monoisotopic (exact) mass is 236 g/mol.